The Labute approximate surface area is 144 Å². The predicted octanol–water partition coefficient (Wildman–Crippen LogP) is 4.46. The Hall–Kier alpha value is -2.28. The number of aromatic nitrogens is 1. The number of benzene rings is 1. The summed E-state index contributed by atoms with van der Waals surface area (Å²) in [5.41, 5.74) is 2.24. The van der Waals surface area contributed by atoms with Crippen LogP contribution >= 0.6 is 11.3 Å². The summed E-state index contributed by atoms with van der Waals surface area (Å²) >= 11 is 1.36. The van der Waals surface area contributed by atoms with Crippen molar-refractivity contribution in [2.75, 3.05) is 5.32 Å². The molecule has 1 aliphatic carbocycles. The third kappa shape index (κ3) is 3.31. The first-order valence-electron chi connectivity index (χ1n) is 7.99. The highest BCUT2D eigenvalue weighted by atomic mass is 32.1. The van der Waals surface area contributed by atoms with Gasteiger partial charge in [0.25, 0.3) is 5.69 Å². The minimum Gasteiger partial charge on any atom is -0.302 e. The molecule has 0 unspecified atom stereocenters. The number of anilines is 1. The molecule has 1 aliphatic rings. The second-order valence-electron chi connectivity index (χ2n) is 6.16. The zero-order valence-electron chi connectivity index (χ0n) is 13.7. The lowest BCUT2D eigenvalue weighted by Crippen LogP contribution is -2.20. The molecule has 0 bridgehead atoms. The summed E-state index contributed by atoms with van der Waals surface area (Å²) in [6.45, 7) is 3.57. The maximum absolute atomic E-state index is 12.2. The minimum absolute atomic E-state index is 0.0303. The minimum atomic E-state index is -0.377. The third-order valence-corrected chi connectivity index (χ3v) is 5.54. The Bertz CT molecular complexity index is 794. The second kappa shape index (κ2) is 6.68. The van der Waals surface area contributed by atoms with Crippen LogP contribution in [0.3, 0.4) is 0 Å². The van der Waals surface area contributed by atoms with Crippen molar-refractivity contribution >= 4 is 28.1 Å². The van der Waals surface area contributed by atoms with E-state index in [1.807, 2.05) is 13.0 Å². The second-order valence-corrected chi connectivity index (χ2v) is 7.16. The Morgan fingerprint density at radius 2 is 2.04 bits per heavy atom. The number of amides is 1. The first-order valence-corrected chi connectivity index (χ1v) is 8.81. The van der Waals surface area contributed by atoms with Gasteiger partial charge in [-0.15, -0.1) is 0 Å². The van der Waals surface area contributed by atoms with Gasteiger partial charge >= 0.3 is 0 Å². The average molecular weight is 345 g/mol. The number of hydrogen-bond donors (Lipinski definition) is 1. The van der Waals surface area contributed by atoms with Crippen molar-refractivity contribution in [3.63, 3.8) is 0 Å². The van der Waals surface area contributed by atoms with Gasteiger partial charge < -0.3 is 5.32 Å². The molecular formula is C17H19N3O3S. The topological polar surface area (TPSA) is 85.1 Å². The van der Waals surface area contributed by atoms with E-state index in [0.717, 1.165) is 41.8 Å². The molecule has 1 N–H and O–H groups in total. The molecule has 0 spiro atoms. The number of hydrogen-bond acceptors (Lipinski definition) is 5. The van der Waals surface area contributed by atoms with Crippen LogP contribution in [0.1, 0.15) is 36.9 Å². The van der Waals surface area contributed by atoms with Crippen LogP contribution in [-0.2, 0) is 4.79 Å². The van der Waals surface area contributed by atoms with Crippen molar-refractivity contribution in [3.8, 4) is 10.4 Å². The molecule has 0 atom stereocenters. The Balaban J connectivity index is 1.85. The first-order chi connectivity index (χ1) is 11.5. The van der Waals surface area contributed by atoms with Crippen molar-refractivity contribution in [1.29, 1.82) is 0 Å². The fourth-order valence-electron chi connectivity index (χ4n) is 3.06. The number of thiazole rings is 1. The van der Waals surface area contributed by atoms with E-state index in [0.29, 0.717) is 10.7 Å². The molecule has 1 aromatic carbocycles. The Morgan fingerprint density at radius 1 is 1.33 bits per heavy atom. The molecule has 1 fully saturated rings. The SMILES string of the molecule is Cc1ccc(-c2sc(NC(=O)C3CCCC3)nc2C)cc1[N+](=O)[O-]. The van der Waals surface area contributed by atoms with Gasteiger partial charge in [-0.3, -0.25) is 14.9 Å². The highest BCUT2D eigenvalue weighted by molar-refractivity contribution is 7.19. The van der Waals surface area contributed by atoms with E-state index in [1.165, 1.54) is 11.3 Å². The van der Waals surface area contributed by atoms with Gasteiger partial charge in [-0.2, -0.15) is 0 Å². The molecular weight excluding hydrogens is 326 g/mol. The Morgan fingerprint density at radius 3 is 2.71 bits per heavy atom. The van der Waals surface area contributed by atoms with Crippen LogP contribution in [0.4, 0.5) is 10.8 Å². The standard InChI is InChI=1S/C17H19N3O3S/c1-10-7-8-13(9-14(10)20(22)23)15-11(2)18-17(24-15)19-16(21)12-5-3-4-6-12/h7-9,12H,3-6H2,1-2H3,(H,18,19,21). The molecule has 7 heteroatoms. The number of carbonyl (C=O) groups excluding carboxylic acids is 1. The van der Waals surface area contributed by atoms with Gasteiger partial charge in [-0.05, 0) is 26.7 Å². The summed E-state index contributed by atoms with van der Waals surface area (Å²) < 4.78 is 0. The number of nitro benzene ring substituents is 1. The van der Waals surface area contributed by atoms with Gasteiger partial charge in [0.2, 0.25) is 5.91 Å². The van der Waals surface area contributed by atoms with E-state index >= 15 is 0 Å². The fraction of sp³-hybridized carbons (Fsp3) is 0.412. The largest absolute Gasteiger partial charge is 0.302 e. The molecule has 0 radical (unpaired) electrons. The van der Waals surface area contributed by atoms with Crippen molar-refractivity contribution in [3.05, 3.63) is 39.6 Å². The number of aryl methyl sites for hydroxylation is 2. The van der Waals surface area contributed by atoms with Crippen molar-refractivity contribution in [1.82, 2.24) is 4.98 Å². The predicted molar refractivity (Wildman–Crippen MR) is 94.3 cm³/mol. The number of nitro groups is 1. The zero-order chi connectivity index (χ0) is 17.3. The number of rotatable bonds is 4. The number of nitrogens with zero attached hydrogens (tertiary/aromatic N) is 2. The fourth-order valence-corrected chi connectivity index (χ4v) is 4.03. The van der Waals surface area contributed by atoms with Crippen LogP contribution in [0.15, 0.2) is 18.2 Å². The number of carbonyl (C=O) groups is 1. The van der Waals surface area contributed by atoms with Gasteiger partial charge in [-0.1, -0.05) is 36.3 Å². The summed E-state index contributed by atoms with van der Waals surface area (Å²) in [6, 6.07) is 5.16. The third-order valence-electron chi connectivity index (χ3n) is 4.42. The van der Waals surface area contributed by atoms with E-state index in [1.54, 1.807) is 19.1 Å². The van der Waals surface area contributed by atoms with Crippen molar-refractivity contribution < 1.29 is 9.72 Å². The van der Waals surface area contributed by atoms with Crippen LogP contribution in [-0.4, -0.2) is 15.8 Å². The van der Waals surface area contributed by atoms with Crippen LogP contribution < -0.4 is 5.32 Å². The molecule has 2 aromatic rings. The lowest BCUT2D eigenvalue weighted by Gasteiger charge is -2.07. The summed E-state index contributed by atoms with van der Waals surface area (Å²) in [6.07, 6.45) is 4.08. The highest BCUT2D eigenvalue weighted by Gasteiger charge is 2.24. The van der Waals surface area contributed by atoms with E-state index in [9.17, 15) is 14.9 Å². The molecule has 0 aliphatic heterocycles. The van der Waals surface area contributed by atoms with Gasteiger partial charge in [0.1, 0.15) is 0 Å². The normalized spacial score (nSPS) is 14.8. The van der Waals surface area contributed by atoms with Gasteiger partial charge in [-0.25, -0.2) is 4.98 Å². The van der Waals surface area contributed by atoms with Crippen molar-refractivity contribution in [2.45, 2.75) is 39.5 Å². The Kier molecular flexibility index (Phi) is 4.62. The maximum atomic E-state index is 12.2. The summed E-state index contributed by atoms with van der Waals surface area (Å²) in [5.74, 6) is 0.112. The van der Waals surface area contributed by atoms with Gasteiger partial charge in [0.15, 0.2) is 5.13 Å². The molecule has 1 amide bonds. The zero-order valence-corrected chi connectivity index (χ0v) is 14.5. The molecule has 126 valence electrons. The van der Waals surface area contributed by atoms with Crippen LogP contribution in [0.2, 0.25) is 0 Å². The van der Waals surface area contributed by atoms with Crippen molar-refractivity contribution in [2.24, 2.45) is 5.92 Å². The summed E-state index contributed by atoms with van der Waals surface area (Å²) in [4.78, 5) is 28.2. The van der Waals surface area contributed by atoms with Gasteiger partial charge in [0, 0.05) is 23.1 Å². The molecule has 1 heterocycles. The van der Waals surface area contributed by atoms with E-state index < -0.39 is 0 Å². The summed E-state index contributed by atoms with van der Waals surface area (Å²) in [5, 5.41) is 14.6. The first kappa shape index (κ1) is 16.6. The lowest BCUT2D eigenvalue weighted by molar-refractivity contribution is -0.385. The van der Waals surface area contributed by atoms with E-state index in [-0.39, 0.29) is 22.4 Å². The smallest absolute Gasteiger partial charge is 0.272 e. The monoisotopic (exact) mass is 345 g/mol. The summed E-state index contributed by atoms with van der Waals surface area (Å²) in [7, 11) is 0. The molecule has 3 rings (SSSR count). The van der Waals surface area contributed by atoms with Crippen LogP contribution in [0.25, 0.3) is 10.4 Å². The molecule has 0 saturated heterocycles. The van der Waals surface area contributed by atoms with Gasteiger partial charge in [0.05, 0.1) is 15.5 Å². The molecule has 24 heavy (non-hydrogen) atoms. The van der Waals surface area contributed by atoms with E-state index in [4.69, 9.17) is 0 Å². The average Bonchev–Trinajstić information content (AvgIpc) is 3.17. The van der Waals surface area contributed by atoms with Crippen LogP contribution in [0.5, 0.6) is 0 Å². The quantitative estimate of drug-likeness (QED) is 0.654. The maximum Gasteiger partial charge on any atom is 0.272 e. The lowest BCUT2D eigenvalue weighted by atomic mass is 10.1. The molecule has 1 aromatic heterocycles. The van der Waals surface area contributed by atoms with Crippen LogP contribution in [0, 0.1) is 29.9 Å². The highest BCUT2D eigenvalue weighted by Crippen LogP contribution is 2.36. The molecule has 6 nitrogen and oxygen atoms in total. The number of nitrogens with one attached hydrogen (secondary N) is 1. The molecule has 1 saturated carbocycles. The van der Waals surface area contributed by atoms with E-state index in [2.05, 4.69) is 10.3 Å².